The van der Waals surface area contributed by atoms with E-state index < -0.39 is 16.1 Å². The molecule has 0 aromatic heterocycles. The normalized spacial score (nSPS) is 14.7. The smallest absolute Gasteiger partial charge is 0.243 e. The number of hydrogen-bond donors (Lipinski definition) is 1. The van der Waals surface area contributed by atoms with Gasteiger partial charge >= 0.3 is 0 Å². The lowest BCUT2D eigenvalue weighted by Gasteiger charge is -2.32. The molecule has 1 aliphatic heterocycles. The van der Waals surface area contributed by atoms with Crippen LogP contribution in [0, 0.1) is 0 Å². The van der Waals surface area contributed by atoms with E-state index in [2.05, 4.69) is 34.5 Å². The Balaban J connectivity index is 1.59. The lowest BCUT2D eigenvalue weighted by atomic mass is 10.0. The van der Waals surface area contributed by atoms with E-state index in [1.807, 2.05) is 13.0 Å². The summed E-state index contributed by atoms with van der Waals surface area (Å²) in [5.74, 6) is -0.258. The van der Waals surface area contributed by atoms with E-state index in [9.17, 15) is 13.2 Å². The summed E-state index contributed by atoms with van der Waals surface area (Å²) in [6, 6.07) is 16.5. The molecule has 1 aliphatic rings. The van der Waals surface area contributed by atoms with E-state index in [0.29, 0.717) is 18.7 Å². The number of nitrogens with one attached hydrogen (secondary N) is 1. The van der Waals surface area contributed by atoms with Gasteiger partial charge in [0, 0.05) is 25.3 Å². The van der Waals surface area contributed by atoms with Crippen LogP contribution in [0.2, 0.25) is 0 Å². The summed E-state index contributed by atoms with van der Waals surface area (Å²) >= 11 is 0. The third-order valence-corrected chi connectivity index (χ3v) is 6.63. The van der Waals surface area contributed by atoms with E-state index in [-0.39, 0.29) is 5.91 Å². The van der Waals surface area contributed by atoms with Crippen LogP contribution >= 0.6 is 0 Å². The van der Waals surface area contributed by atoms with Crippen LogP contribution in [0.4, 0.5) is 11.4 Å². The predicted octanol–water partition coefficient (Wildman–Crippen LogP) is 3.19. The predicted molar refractivity (Wildman–Crippen MR) is 122 cm³/mol. The summed E-state index contributed by atoms with van der Waals surface area (Å²) in [5.41, 5.74) is 3.17. The van der Waals surface area contributed by atoms with Crippen molar-refractivity contribution in [1.82, 2.24) is 5.32 Å². The maximum absolute atomic E-state index is 12.9. The Morgan fingerprint density at radius 3 is 2.53 bits per heavy atom. The van der Waals surface area contributed by atoms with Gasteiger partial charge in [-0.05, 0) is 49.4 Å². The molecule has 1 atom stereocenters. The van der Waals surface area contributed by atoms with Gasteiger partial charge in [0.1, 0.15) is 6.04 Å². The largest absolute Gasteiger partial charge is 0.371 e. The number of carbonyl (C=O) groups excluding carboxylic acids is 1. The van der Waals surface area contributed by atoms with Gasteiger partial charge < -0.3 is 10.2 Å². The Bertz CT molecular complexity index is 947. The highest BCUT2D eigenvalue weighted by molar-refractivity contribution is 7.92. The molecule has 0 fully saturated rings. The first kappa shape index (κ1) is 22.2. The molecule has 2 aromatic carbocycles. The van der Waals surface area contributed by atoms with Crippen LogP contribution < -0.4 is 14.5 Å². The molecular weight excluding hydrogens is 398 g/mol. The molecule has 0 aliphatic carbocycles. The zero-order valence-electron chi connectivity index (χ0n) is 17.8. The Kier molecular flexibility index (Phi) is 7.37. The molecule has 1 unspecified atom stereocenters. The van der Waals surface area contributed by atoms with E-state index >= 15 is 0 Å². The van der Waals surface area contributed by atoms with Crippen molar-refractivity contribution in [2.24, 2.45) is 0 Å². The highest BCUT2D eigenvalue weighted by atomic mass is 32.2. The molecule has 0 spiro atoms. The zero-order valence-corrected chi connectivity index (χ0v) is 18.6. The van der Waals surface area contributed by atoms with Gasteiger partial charge in [0.2, 0.25) is 15.9 Å². The van der Waals surface area contributed by atoms with Gasteiger partial charge in [-0.15, -0.1) is 0 Å². The molecule has 0 saturated heterocycles. The highest BCUT2D eigenvalue weighted by Crippen LogP contribution is 2.26. The van der Waals surface area contributed by atoms with Crippen LogP contribution in [0.3, 0.4) is 0 Å². The Morgan fingerprint density at radius 1 is 1.13 bits per heavy atom. The van der Waals surface area contributed by atoms with Crippen LogP contribution in [-0.2, 0) is 21.2 Å². The number of fused-ring (bicyclic) bond motifs is 1. The van der Waals surface area contributed by atoms with Crippen LogP contribution in [0.15, 0.2) is 54.6 Å². The number of carbonyl (C=O) groups is 1. The van der Waals surface area contributed by atoms with Crippen molar-refractivity contribution in [2.75, 3.05) is 35.1 Å². The second kappa shape index (κ2) is 9.98. The number of amides is 1. The van der Waals surface area contributed by atoms with Crippen molar-refractivity contribution in [1.29, 1.82) is 0 Å². The van der Waals surface area contributed by atoms with Gasteiger partial charge in [-0.3, -0.25) is 9.10 Å². The van der Waals surface area contributed by atoms with E-state index in [4.69, 9.17) is 0 Å². The minimum absolute atomic E-state index is 0.258. The van der Waals surface area contributed by atoms with Crippen molar-refractivity contribution in [2.45, 2.75) is 38.6 Å². The van der Waals surface area contributed by atoms with Gasteiger partial charge in [0.15, 0.2) is 0 Å². The Labute approximate surface area is 179 Å². The summed E-state index contributed by atoms with van der Waals surface area (Å²) in [4.78, 5) is 15.2. The molecule has 0 bridgehead atoms. The van der Waals surface area contributed by atoms with E-state index in [1.54, 1.807) is 24.3 Å². The average molecular weight is 430 g/mol. The summed E-state index contributed by atoms with van der Waals surface area (Å²) in [5, 5.41) is 2.95. The van der Waals surface area contributed by atoms with Crippen LogP contribution in [-0.4, -0.2) is 46.3 Å². The number of sulfonamides is 1. The maximum Gasteiger partial charge on any atom is 0.243 e. The van der Waals surface area contributed by atoms with Crippen molar-refractivity contribution in [3.05, 3.63) is 60.2 Å². The Morgan fingerprint density at radius 2 is 1.83 bits per heavy atom. The van der Waals surface area contributed by atoms with Gasteiger partial charge in [0.05, 0.1) is 11.9 Å². The number of para-hydroxylation sites is 2. The third-order valence-electron chi connectivity index (χ3n) is 5.45. The van der Waals surface area contributed by atoms with E-state index in [1.165, 1.54) is 15.6 Å². The molecule has 162 valence electrons. The second-order valence-corrected chi connectivity index (χ2v) is 9.54. The van der Waals surface area contributed by atoms with Gasteiger partial charge in [-0.1, -0.05) is 43.3 Å². The molecule has 1 heterocycles. The lowest BCUT2D eigenvalue weighted by molar-refractivity contribution is -0.122. The first-order valence-corrected chi connectivity index (χ1v) is 12.4. The van der Waals surface area contributed by atoms with E-state index in [0.717, 1.165) is 38.6 Å². The minimum atomic E-state index is -3.59. The molecule has 1 amide bonds. The molecular formula is C23H31N3O3S. The SMILES string of the molecule is CCC(C(=O)NCCCN1CCCc2ccccc21)N(c1ccccc1)S(C)(=O)=O. The standard InChI is InChI=1S/C23H31N3O3S/c1-3-21(26(30(2,28)29)20-13-5-4-6-14-20)23(27)24-16-10-18-25-17-9-12-19-11-7-8-15-22(19)25/h4-8,11,13-15,21H,3,9-10,12,16-18H2,1-2H3,(H,24,27). The summed E-state index contributed by atoms with van der Waals surface area (Å²) in [6.07, 6.45) is 4.60. The number of aryl methyl sites for hydroxylation is 1. The van der Waals surface area contributed by atoms with Crippen LogP contribution in [0.25, 0.3) is 0 Å². The van der Waals surface area contributed by atoms with Crippen molar-refractivity contribution >= 4 is 27.3 Å². The monoisotopic (exact) mass is 429 g/mol. The molecule has 2 aromatic rings. The number of nitrogens with zero attached hydrogens (tertiary/aromatic N) is 2. The molecule has 3 rings (SSSR count). The molecule has 1 N–H and O–H groups in total. The van der Waals surface area contributed by atoms with Gasteiger partial charge in [0.25, 0.3) is 0 Å². The molecule has 0 saturated carbocycles. The summed E-state index contributed by atoms with van der Waals surface area (Å²) < 4.78 is 26.1. The first-order valence-electron chi connectivity index (χ1n) is 10.6. The molecule has 30 heavy (non-hydrogen) atoms. The fourth-order valence-corrected chi connectivity index (χ4v) is 5.29. The molecule has 6 nitrogen and oxygen atoms in total. The highest BCUT2D eigenvalue weighted by Gasteiger charge is 2.31. The van der Waals surface area contributed by atoms with Gasteiger partial charge in [-0.25, -0.2) is 8.42 Å². The van der Waals surface area contributed by atoms with Crippen molar-refractivity contribution in [3.63, 3.8) is 0 Å². The average Bonchev–Trinajstić information content (AvgIpc) is 2.74. The number of rotatable bonds is 9. The third kappa shape index (κ3) is 5.33. The topological polar surface area (TPSA) is 69.7 Å². The molecule has 7 heteroatoms. The van der Waals surface area contributed by atoms with Crippen LogP contribution in [0.5, 0.6) is 0 Å². The summed E-state index contributed by atoms with van der Waals surface area (Å²) in [6.45, 7) is 4.23. The number of anilines is 2. The van der Waals surface area contributed by atoms with Crippen LogP contribution in [0.1, 0.15) is 31.7 Å². The second-order valence-electron chi connectivity index (χ2n) is 7.68. The van der Waals surface area contributed by atoms with Crippen molar-refractivity contribution < 1.29 is 13.2 Å². The maximum atomic E-state index is 12.9. The molecule has 0 radical (unpaired) electrons. The first-order chi connectivity index (χ1) is 14.4. The Hall–Kier alpha value is -2.54. The minimum Gasteiger partial charge on any atom is -0.371 e. The number of benzene rings is 2. The zero-order chi connectivity index (χ0) is 21.6. The fraction of sp³-hybridized carbons (Fsp3) is 0.435. The fourth-order valence-electron chi connectivity index (χ4n) is 4.08. The lowest BCUT2D eigenvalue weighted by Crippen LogP contribution is -2.49. The quantitative estimate of drug-likeness (QED) is 0.622. The number of hydrogen-bond acceptors (Lipinski definition) is 4. The van der Waals surface area contributed by atoms with Crippen molar-refractivity contribution in [3.8, 4) is 0 Å². The summed E-state index contributed by atoms with van der Waals surface area (Å²) in [7, 11) is -3.59. The van der Waals surface area contributed by atoms with Gasteiger partial charge in [-0.2, -0.15) is 0 Å².